The Labute approximate surface area is 141 Å². The molecule has 0 fully saturated rings. The van der Waals surface area contributed by atoms with Gasteiger partial charge in [0.2, 0.25) is 0 Å². The van der Waals surface area contributed by atoms with Gasteiger partial charge in [0.05, 0.1) is 15.6 Å². The van der Waals surface area contributed by atoms with E-state index >= 15 is 0 Å². The summed E-state index contributed by atoms with van der Waals surface area (Å²) in [5.74, 6) is 0. The van der Waals surface area contributed by atoms with Crippen LogP contribution < -0.4 is 4.31 Å². The molecule has 0 amide bonds. The summed E-state index contributed by atoms with van der Waals surface area (Å²) >= 11 is 6.18. The summed E-state index contributed by atoms with van der Waals surface area (Å²) in [6.07, 6.45) is 0. The van der Waals surface area contributed by atoms with Crippen molar-refractivity contribution in [3.05, 3.63) is 71.8 Å². The lowest BCUT2D eigenvalue weighted by molar-refractivity contribution is 0.592. The Hall–Kier alpha value is -2.04. The molecule has 0 heterocycles. The van der Waals surface area contributed by atoms with Gasteiger partial charge < -0.3 is 0 Å². The van der Waals surface area contributed by atoms with Crippen LogP contribution >= 0.6 is 11.6 Å². The van der Waals surface area contributed by atoms with Crippen LogP contribution in [0.1, 0.15) is 6.92 Å². The van der Waals surface area contributed by atoms with Crippen molar-refractivity contribution in [1.29, 1.82) is 0 Å². The van der Waals surface area contributed by atoms with Gasteiger partial charge in [-0.2, -0.15) is 0 Å². The van der Waals surface area contributed by atoms with Crippen LogP contribution in [0.4, 0.5) is 5.69 Å². The number of halogens is 1. The smallest absolute Gasteiger partial charge is 0.264 e. The summed E-state index contributed by atoms with van der Waals surface area (Å²) in [7, 11) is -3.67. The molecule has 23 heavy (non-hydrogen) atoms. The van der Waals surface area contributed by atoms with Gasteiger partial charge in [0.25, 0.3) is 10.0 Å². The molecule has 0 aliphatic rings. The molecule has 0 aliphatic carbocycles. The summed E-state index contributed by atoms with van der Waals surface area (Å²) < 4.78 is 27.4. The topological polar surface area (TPSA) is 37.4 Å². The van der Waals surface area contributed by atoms with Crippen LogP contribution in [0.2, 0.25) is 5.02 Å². The Morgan fingerprint density at radius 1 is 0.913 bits per heavy atom. The standard InChI is InChI=1S/C18H16ClNO2S/c1-2-20(18-10-6-5-9-17(18)19)23(21,22)16-12-11-14-7-3-4-8-15(14)13-16/h3-13H,2H2,1H3. The minimum absolute atomic E-state index is 0.262. The summed E-state index contributed by atoms with van der Waals surface area (Å²) in [5.41, 5.74) is 0.491. The average Bonchev–Trinajstić information content (AvgIpc) is 2.56. The monoisotopic (exact) mass is 345 g/mol. The van der Waals surface area contributed by atoms with Crippen molar-refractivity contribution in [2.45, 2.75) is 11.8 Å². The van der Waals surface area contributed by atoms with Gasteiger partial charge in [-0.25, -0.2) is 8.42 Å². The molecule has 0 spiro atoms. The molecule has 0 aromatic heterocycles. The first-order valence-corrected chi connectivity index (χ1v) is 9.12. The summed E-state index contributed by atoms with van der Waals surface area (Å²) in [4.78, 5) is 0.262. The van der Waals surface area contributed by atoms with E-state index in [1.54, 1.807) is 43.3 Å². The van der Waals surface area contributed by atoms with Crippen LogP contribution in [0, 0.1) is 0 Å². The van der Waals surface area contributed by atoms with Crippen molar-refractivity contribution in [2.75, 3.05) is 10.8 Å². The van der Waals surface area contributed by atoms with Gasteiger partial charge in [-0.15, -0.1) is 0 Å². The number of nitrogens with zero attached hydrogens (tertiary/aromatic N) is 1. The fourth-order valence-corrected chi connectivity index (χ4v) is 4.40. The second kappa shape index (κ2) is 6.22. The zero-order chi connectivity index (χ0) is 16.4. The van der Waals surface area contributed by atoms with Crippen LogP contribution in [0.25, 0.3) is 10.8 Å². The number of benzene rings is 3. The molecule has 118 valence electrons. The number of para-hydroxylation sites is 1. The number of hydrogen-bond donors (Lipinski definition) is 0. The summed E-state index contributed by atoms with van der Waals surface area (Å²) in [5, 5.41) is 2.31. The average molecular weight is 346 g/mol. The zero-order valence-electron chi connectivity index (χ0n) is 12.6. The molecule has 0 atom stereocenters. The van der Waals surface area contributed by atoms with Crippen molar-refractivity contribution < 1.29 is 8.42 Å². The Balaban J connectivity index is 2.13. The molecule has 0 radical (unpaired) electrons. The van der Waals surface area contributed by atoms with E-state index < -0.39 is 10.0 Å². The first kappa shape index (κ1) is 15.8. The Kier molecular flexibility index (Phi) is 4.28. The van der Waals surface area contributed by atoms with Gasteiger partial charge in [-0.1, -0.05) is 54.1 Å². The molecular formula is C18H16ClNO2S. The Morgan fingerprint density at radius 3 is 2.26 bits per heavy atom. The molecule has 3 aromatic rings. The molecule has 0 N–H and O–H groups in total. The molecule has 0 saturated heterocycles. The van der Waals surface area contributed by atoms with E-state index in [4.69, 9.17) is 11.6 Å². The molecule has 3 nitrogen and oxygen atoms in total. The molecule has 0 aliphatic heterocycles. The van der Waals surface area contributed by atoms with Gasteiger partial charge in [-0.3, -0.25) is 4.31 Å². The highest BCUT2D eigenvalue weighted by Gasteiger charge is 2.25. The third-order valence-corrected chi connectivity index (χ3v) is 5.92. The lowest BCUT2D eigenvalue weighted by Gasteiger charge is -2.24. The number of fused-ring (bicyclic) bond motifs is 1. The first-order chi connectivity index (χ1) is 11.0. The van der Waals surface area contributed by atoms with E-state index in [9.17, 15) is 8.42 Å². The highest BCUT2D eigenvalue weighted by Crippen LogP contribution is 2.31. The van der Waals surface area contributed by atoms with Gasteiger partial charge >= 0.3 is 0 Å². The van der Waals surface area contributed by atoms with Gasteiger partial charge in [0.1, 0.15) is 0 Å². The van der Waals surface area contributed by atoms with Crippen molar-refractivity contribution in [3.8, 4) is 0 Å². The van der Waals surface area contributed by atoms with E-state index in [2.05, 4.69) is 0 Å². The third kappa shape index (κ3) is 2.92. The van der Waals surface area contributed by atoms with Crippen LogP contribution in [-0.2, 0) is 10.0 Å². The van der Waals surface area contributed by atoms with Crippen molar-refractivity contribution >= 4 is 38.1 Å². The van der Waals surface area contributed by atoms with E-state index in [1.165, 1.54) is 4.31 Å². The fourth-order valence-electron chi connectivity index (χ4n) is 2.58. The molecule has 3 rings (SSSR count). The molecule has 0 unspecified atom stereocenters. The fraction of sp³-hybridized carbons (Fsp3) is 0.111. The quantitative estimate of drug-likeness (QED) is 0.686. The third-order valence-electron chi connectivity index (χ3n) is 3.72. The minimum Gasteiger partial charge on any atom is -0.265 e. The lowest BCUT2D eigenvalue weighted by atomic mass is 10.1. The van der Waals surface area contributed by atoms with Gasteiger partial charge in [-0.05, 0) is 42.0 Å². The first-order valence-electron chi connectivity index (χ1n) is 7.30. The number of hydrogen-bond acceptors (Lipinski definition) is 2. The van der Waals surface area contributed by atoms with Crippen LogP contribution in [0.15, 0.2) is 71.6 Å². The lowest BCUT2D eigenvalue weighted by Crippen LogP contribution is -2.31. The van der Waals surface area contributed by atoms with Gasteiger partial charge in [0, 0.05) is 6.54 Å². The van der Waals surface area contributed by atoms with Crippen molar-refractivity contribution in [1.82, 2.24) is 0 Å². The predicted octanol–water partition coefficient (Wildman–Crippen LogP) is 4.71. The summed E-state index contributed by atoms with van der Waals surface area (Å²) in [6.45, 7) is 2.10. The van der Waals surface area contributed by atoms with E-state index in [0.29, 0.717) is 17.3 Å². The second-order valence-corrected chi connectivity index (χ2v) is 7.40. The minimum atomic E-state index is -3.67. The molecule has 5 heteroatoms. The van der Waals surface area contributed by atoms with E-state index in [0.717, 1.165) is 10.8 Å². The molecule has 0 saturated carbocycles. The maximum absolute atomic E-state index is 13.0. The molecule has 0 bridgehead atoms. The highest BCUT2D eigenvalue weighted by molar-refractivity contribution is 7.92. The van der Waals surface area contributed by atoms with Crippen molar-refractivity contribution in [3.63, 3.8) is 0 Å². The largest absolute Gasteiger partial charge is 0.265 e. The second-order valence-electron chi connectivity index (χ2n) is 5.13. The van der Waals surface area contributed by atoms with Crippen molar-refractivity contribution in [2.24, 2.45) is 0 Å². The highest BCUT2D eigenvalue weighted by atomic mass is 35.5. The Bertz CT molecular complexity index is 954. The zero-order valence-corrected chi connectivity index (χ0v) is 14.2. The van der Waals surface area contributed by atoms with E-state index in [-0.39, 0.29) is 4.90 Å². The maximum Gasteiger partial charge on any atom is 0.264 e. The normalized spacial score (nSPS) is 11.6. The number of rotatable bonds is 4. The predicted molar refractivity (Wildman–Crippen MR) is 95.6 cm³/mol. The Morgan fingerprint density at radius 2 is 1.57 bits per heavy atom. The van der Waals surface area contributed by atoms with E-state index in [1.807, 2.05) is 30.3 Å². The van der Waals surface area contributed by atoms with Crippen LogP contribution in [-0.4, -0.2) is 15.0 Å². The molecular weight excluding hydrogens is 330 g/mol. The maximum atomic E-state index is 13.0. The van der Waals surface area contributed by atoms with Gasteiger partial charge in [0.15, 0.2) is 0 Å². The van der Waals surface area contributed by atoms with Crippen LogP contribution in [0.3, 0.4) is 0 Å². The van der Waals surface area contributed by atoms with Crippen LogP contribution in [0.5, 0.6) is 0 Å². The summed E-state index contributed by atoms with van der Waals surface area (Å²) in [6, 6.07) is 19.8. The SMILES string of the molecule is CCN(c1ccccc1Cl)S(=O)(=O)c1ccc2ccccc2c1. The molecule has 3 aromatic carbocycles. The number of sulfonamides is 1. The number of anilines is 1.